The molecule has 10 heteroatoms. The predicted molar refractivity (Wildman–Crippen MR) is 172 cm³/mol. The van der Waals surface area contributed by atoms with Crippen LogP contribution in [-0.4, -0.2) is 62.7 Å². The lowest BCUT2D eigenvalue weighted by molar-refractivity contribution is 0.0126. The number of piperidine rings is 1. The van der Waals surface area contributed by atoms with Gasteiger partial charge in [-0.05, 0) is 92.9 Å². The topological polar surface area (TPSA) is 109 Å². The van der Waals surface area contributed by atoms with Gasteiger partial charge in [0, 0.05) is 32.5 Å². The van der Waals surface area contributed by atoms with Gasteiger partial charge in [0.15, 0.2) is 0 Å². The Bertz CT molecular complexity index is 1570. The van der Waals surface area contributed by atoms with Crippen LogP contribution in [0.5, 0.6) is 5.75 Å². The Labute approximate surface area is 261 Å². The van der Waals surface area contributed by atoms with Crippen molar-refractivity contribution in [1.82, 2.24) is 4.90 Å². The molecule has 1 heterocycles. The number of carbonyl (C=O) groups is 1. The summed E-state index contributed by atoms with van der Waals surface area (Å²) in [7, 11) is -3.80. The summed E-state index contributed by atoms with van der Waals surface area (Å²) in [5, 5.41) is 10.5. The van der Waals surface area contributed by atoms with E-state index in [1.54, 1.807) is 35.2 Å². The number of anilines is 1. The van der Waals surface area contributed by atoms with Crippen LogP contribution >= 0.6 is 0 Å². The minimum atomic E-state index is -3.80. The fourth-order valence-corrected chi connectivity index (χ4v) is 6.96. The highest BCUT2D eigenvalue weighted by Gasteiger charge is 2.32. The van der Waals surface area contributed by atoms with E-state index in [0.717, 1.165) is 16.3 Å². The molecule has 3 aromatic carbocycles. The molecule has 0 radical (unpaired) electrons. The van der Waals surface area contributed by atoms with Crippen LogP contribution in [0.3, 0.4) is 0 Å². The molecule has 0 aromatic heterocycles. The van der Waals surface area contributed by atoms with Gasteiger partial charge in [-0.15, -0.1) is 0 Å². The minimum Gasteiger partial charge on any atom is -0.490 e. The lowest BCUT2D eigenvalue weighted by atomic mass is 10.0. The van der Waals surface area contributed by atoms with Crippen LogP contribution in [0, 0.1) is 11.3 Å². The smallest absolute Gasteiger partial charge is 0.410 e. The summed E-state index contributed by atoms with van der Waals surface area (Å²) in [4.78, 5) is 14.1. The van der Waals surface area contributed by atoms with Crippen LogP contribution in [0.25, 0.3) is 10.8 Å². The molecule has 44 heavy (non-hydrogen) atoms. The highest BCUT2D eigenvalue weighted by molar-refractivity contribution is 7.93. The van der Waals surface area contributed by atoms with Crippen molar-refractivity contribution in [2.45, 2.75) is 77.4 Å². The summed E-state index contributed by atoms with van der Waals surface area (Å²) in [5.74, 6) is 0.637. The quantitative estimate of drug-likeness (QED) is 0.236. The summed E-state index contributed by atoms with van der Waals surface area (Å²) in [5.41, 5.74) is 1.34. The Hall–Kier alpha value is -3.81. The van der Waals surface area contributed by atoms with Crippen molar-refractivity contribution in [3.63, 3.8) is 0 Å². The molecule has 0 N–H and O–H groups in total. The fraction of sp³-hybridized carbons (Fsp3) is 0.471. The normalized spacial score (nSPS) is 15.0. The summed E-state index contributed by atoms with van der Waals surface area (Å²) in [6, 6.07) is 20.6. The maximum absolute atomic E-state index is 14.0. The zero-order valence-corrected chi connectivity index (χ0v) is 27.1. The number of fused-ring (bicyclic) bond motifs is 1. The molecule has 1 aliphatic heterocycles. The molecule has 1 atom stereocenters. The van der Waals surface area contributed by atoms with E-state index >= 15 is 0 Å². The van der Waals surface area contributed by atoms with Crippen LogP contribution in [-0.2, 0) is 26.0 Å². The molecule has 1 amide bonds. The van der Waals surface area contributed by atoms with E-state index < -0.39 is 20.9 Å². The van der Waals surface area contributed by atoms with Gasteiger partial charge in [-0.25, -0.2) is 13.2 Å². The van der Waals surface area contributed by atoms with Gasteiger partial charge in [-0.3, -0.25) is 4.31 Å². The van der Waals surface area contributed by atoms with Crippen LogP contribution in [0.1, 0.15) is 65.0 Å². The number of benzene rings is 3. The molecule has 3 aromatic rings. The third-order valence-electron chi connectivity index (χ3n) is 7.57. The number of carbonyl (C=O) groups excluding carboxylic acids is 1. The Balaban J connectivity index is 1.53. The van der Waals surface area contributed by atoms with Crippen molar-refractivity contribution in [2.75, 3.05) is 30.6 Å². The zero-order valence-electron chi connectivity index (χ0n) is 26.3. The van der Waals surface area contributed by atoms with E-state index in [2.05, 4.69) is 6.07 Å². The molecule has 0 aliphatic carbocycles. The first kappa shape index (κ1) is 33.1. The second-order valence-corrected chi connectivity index (χ2v) is 14.2. The minimum absolute atomic E-state index is 0.0639. The number of nitriles is 1. The summed E-state index contributed by atoms with van der Waals surface area (Å²) < 4.78 is 46.8. The molecule has 9 nitrogen and oxygen atoms in total. The van der Waals surface area contributed by atoms with Gasteiger partial charge in [0.1, 0.15) is 22.7 Å². The van der Waals surface area contributed by atoms with Gasteiger partial charge >= 0.3 is 6.09 Å². The number of rotatable bonds is 11. The van der Waals surface area contributed by atoms with Gasteiger partial charge in [0.05, 0.1) is 30.5 Å². The largest absolute Gasteiger partial charge is 0.490 e. The number of hydrogen-bond acceptors (Lipinski definition) is 7. The molecule has 4 rings (SSSR count). The molecule has 1 fully saturated rings. The van der Waals surface area contributed by atoms with Crippen molar-refractivity contribution in [3.05, 3.63) is 71.8 Å². The molecule has 0 saturated carbocycles. The Morgan fingerprint density at radius 3 is 2.32 bits per heavy atom. The van der Waals surface area contributed by atoms with E-state index in [4.69, 9.17) is 14.2 Å². The van der Waals surface area contributed by atoms with Crippen molar-refractivity contribution < 1.29 is 27.4 Å². The number of nitrogens with zero attached hydrogens (tertiary/aromatic N) is 3. The fourth-order valence-electron chi connectivity index (χ4n) is 5.17. The maximum atomic E-state index is 14.0. The summed E-state index contributed by atoms with van der Waals surface area (Å²) in [6.07, 6.45) is 1.38. The van der Waals surface area contributed by atoms with Gasteiger partial charge < -0.3 is 19.1 Å². The van der Waals surface area contributed by atoms with Crippen LogP contribution < -0.4 is 9.04 Å². The highest BCUT2D eigenvalue weighted by Crippen LogP contribution is 2.29. The molecular weight excluding hydrogens is 578 g/mol. The van der Waals surface area contributed by atoms with E-state index in [0.29, 0.717) is 56.0 Å². The van der Waals surface area contributed by atoms with Crippen molar-refractivity contribution in [1.29, 1.82) is 5.26 Å². The third-order valence-corrected chi connectivity index (χ3v) is 9.84. The SMILES string of the molecule is CCOCC(CC)S(=O)(=O)N(Cc1ccc2ccc(C#N)cc2c1)c1ccc(OC2CCN(C(=O)OC(C)(C)C)CC2)cc1. The molecule has 1 saturated heterocycles. The zero-order chi connectivity index (χ0) is 31.9. The van der Waals surface area contributed by atoms with E-state index in [9.17, 15) is 18.5 Å². The Morgan fingerprint density at radius 1 is 1.02 bits per heavy atom. The monoisotopic (exact) mass is 621 g/mol. The lowest BCUT2D eigenvalue weighted by Crippen LogP contribution is -2.44. The number of ether oxygens (including phenoxy) is 3. The maximum Gasteiger partial charge on any atom is 0.410 e. The van der Waals surface area contributed by atoms with Gasteiger partial charge in [-0.1, -0.05) is 25.1 Å². The van der Waals surface area contributed by atoms with E-state index in [1.807, 2.05) is 65.0 Å². The standard InChI is InChI=1S/C34H43N3O6S/c1-6-32(24-41-7-2)44(39,40)37(23-26-9-11-27-10-8-25(22-35)20-28(27)21-26)29-12-14-30(15-13-29)42-31-16-18-36(19-17-31)33(38)43-34(3,4)5/h8-15,20-21,31-32H,6-7,16-19,23-24H2,1-5H3. The second kappa shape index (κ2) is 14.3. The first-order valence-corrected chi connectivity index (χ1v) is 16.7. The molecular formula is C34H43N3O6S. The number of hydrogen-bond donors (Lipinski definition) is 0. The summed E-state index contributed by atoms with van der Waals surface area (Å²) in [6.45, 7) is 11.0. The van der Waals surface area contributed by atoms with Crippen LogP contribution in [0.4, 0.5) is 10.5 Å². The molecule has 1 aliphatic rings. The van der Waals surface area contributed by atoms with E-state index in [1.165, 1.54) is 4.31 Å². The molecule has 1 unspecified atom stereocenters. The first-order valence-electron chi connectivity index (χ1n) is 15.2. The number of sulfonamides is 1. The predicted octanol–water partition coefficient (Wildman–Crippen LogP) is 6.64. The Kier molecular flexibility index (Phi) is 10.8. The molecule has 236 valence electrons. The van der Waals surface area contributed by atoms with Crippen LogP contribution in [0.2, 0.25) is 0 Å². The van der Waals surface area contributed by atoms with Crippen LogP contribution in [0.15, 0.2) is 60.7 Å². The average molecular weight is 622 g/mol. The second-order valence-electron chi connectivity index (χ2n) is 12.0. The van der Waals surface area contributed by atoms with Crippen molar-refractivity contribution in [2.24, 2.45) is 0 Å². The van der Waals surface area contributed by atoms with E-state index in [-0.39, 0.29) is 25.3 Å². The first-order chi connectivity index (χ1) is 20.9. The summed E-state index contributed by atoms with van der Waals surface area (Å²) >= 11 is 0. The van der Waals surface area contributed by atoms with Gasteiger partial charge in [0.25, 0.3) is 0 Å². The van der Waals surface area contributed by atoms with Gasteiger partial charge in [-0.2, -0.15) is 5.26 Å². The average Bonchev–Trinajstić information content (AvgIpc) is 2.99. The molecule has 0 bridgehead atoms. The number of amides is 1. The third kappa shape index (κ3) is 8.42. The highest BCUT2D eigenvalue weighted by atomic mass is 32.2. The van der Waals surface area contributed by atoms with Crippen molar-refractivity contribution in [3.8, 4) is 11.8 Å². The van der Waals surface area contributed by atoms with Crippen molar-refractivity contribution >= 4 is 32.6 Å². The lowest BCUT2D eigenvalue weighted by Gasteiger charge is -2.33. The molecule has 0 spiro atoms. The Morgan fingerprint density at radius 2 is 1.70 bits per heavy atom. The van der Waals surface area contributed by atoms with Gasteiger partial charge in [0.2, 0.25) is 10.0 Å². The number of likely N-dealkylation sites (tertiary alicyclic amines) is 1.